The van der Waals surface area contributed by atoms with E-state index in [1.54, 1.807) is 0 Å². The van der Waals surface area contributed by atoms with E-state index in [9.17, 15) is 0 Å². The van der Waals surface area contributed by atoms with Gasteiger partial charge in [-0.25, -0.2) is 0 Å². The predicted molar refractivity (Wildman–Crippen MR) is 107 cm³/mol. The van der Waals surface area contributed by atoms with E-state index < -0.39 is 0 Å². The van der Waals surface area contributed by atoms with E-state index in [-0.39, 0.29) is 0 Å². The van der Waals surface area contributed by atoms with Crippen molar-refractivity contribution in [2.45, 2.75) is 17.8 Å². The Morgan fingerprint density at radius 3 is 2.61 bits per heavy atom. The lowest BCUT2D eigenvalue weighted by Gasteiger charge is -2.06. The van der Waals surface area contributed by atoms with Crippen molar-refractivity contribution in [2.24, 2.45) is 7.05 Å². The lowest BCUT2D eigenvalue weighted by atomic mass is 10.2. The van der Waals surface area contributed by atoms with Crippen LogP contribution >= 0.6 is 11.8 Å². The van der Waals surface area contributed by atoms with Crippen molar-refractivity contribution < 1.29 is 9.15 Å². The number of hydrogen-bond donors (Lipinski definition) is 0. The fourth-order valence-electron chi connectivity index (χ4n) is 2.72. The van der Waals surface area contributed by atoms with Gasteiger partial charge in [0.25, 0.3) is 0 Å². The lowest BCUT2D eigenvalue weighted by Crippen LogP contribution is -1.96. The minimum Gasteiger partial charge on any atom is -0.494 e. The molecule has 0 N–H and O–H groups in total. The van der Waals surface area contributed by atoms with Gasteiger partial charge in [-0.2, -0.15) is 0 Å². The van der Waals surface area contributed by atoms with Crippen LogP contribution in [0.15, 0.2) is 64.2 Å². The highest BCUT2D eigenvalue weighted by molar-refractivity contribution is 7.98. The summed E-state index contributed by atoms with van der Waals surface area (Å²) in [4.78, 5) is 0. The molecule has 0 amide bonds. The van der Waals surface area contributed by atoms with Crippen molar-refractivity contribution >= 4 is 11.8 Å². The van der Waals surface area contributed by atoms with Gasteiger partial charge in [0, 0.05) is 18.2 Å². The zero-order valence-electron chi connectivity index (χ0n) is 15.6. The molecule has 0 fully saturated rings. The molecule has 7 nitrogen and oxygen atoms in total. The van der Waals surface area contributed by atoms with Crippen molar-refractivity contribution in [1.82, 2.24) is 25.0 Å². The SMILES string of the molecule is CCOc1cccc(-c2nnc(SCc3nnc(-c4ccccc4)o3)n2C)c1. The topological polar surface area (TPSA) is 78.9 Å². The predicted octanol–water partition coefficient (Wildman–Crippen LogP) is 4.22. The summed E-state index contributed by atoms with van der Waals surface area (Å²) in [5, 5.41) is 17.6. The van der Waals surface area contributed by atoms with Crippen LogP contribution in [-0.2, 0) is 12.8 Å². The maximum absolute atomic E-state index is 5.75. The third kappa shape index (κ3) is 3.91. The molecule has 8 heteroatoms. The van der Waals surface area contributed by atoms with E-state index in [0.29, 0.717) is 24.1 Å². The van der Waals surface area contributed by atoms with Gasteiger partial charge in [-0.1, -0.05) is 42.1 Å². The first-order valence-electron chi connectivity index (χ1n) is 8.88. The molecule has 0 aliphatic heterocycles. The summed E-state index contributed by atoms with van der Waals surface area (Å²) < 4.78 is 13.3. The molecule has 2 aromatic carbocycles. The van der Waals surface area contributed by atoms with Gasteiger partial charge >= 0.3 is 0 Å². The molecule has 4 rings (SSSR count). The van der Waals surface area contributed by atoms with Crippen molar-refractivity contribution in [2.75, 3.05) is 6.61 Å². The fourth-order valence-corrected chi connectivity index (χ4v) is 3.47. The summed E-state index contributed by atoms with van der Waals surface area (Å²) in [5.41, 5.74) is 1.86. The van der Waals surface area contributed by atoms with E-state index in [2.05, 4.69) is 20.4 Å². The van der Waals surface area contributed by atoms with Gasteiger partial charge in [0.15, 0.2) is 11.0 Å². The van der Waals surface area contributed by atoms with Gasteiger partial charge in [-0.3, -0.25) is 0 Å². The fraction of sp³-hybridized carbons (Fsp3) is 0.200. The Morgan fingerprint density at radius 2 is 1.79 bits per heavy atom. The van der Waals surface area contributed by atoms with Gasteiger partial charge in [0.1, 0.15) is 5.75 Å². The smallest absolute Gasteiger partial charge is 0.247 e. The molecule has 0 radical (unpaired) electrons. The molecule has 0 spiro atoms. The van der Waals surface area contributed by atoms with Gasteiger partial charge in [-0.05, 0) is 31.2 Å². The second-order valence-electron chi connectivity index (χ2n) is 5.98. The number of thioether (sulfide) groups is 1. The van der Waals surface area contributed by atoms with Crippen molar-refractivity contribution in [3.05, 3.63) is 60.5 Å². The Morgan fingerprint density at radius 1 is 0.964 bits per heavy atom. The summed E-state index contributed by atoms with van der Waals surface area (Å²) in [5.74, 6) is 3.18. The second-order valence-corrected chi connectivity index (χ2v) is 6.92. The summed E-state index contributed by atoms with van der Waals surface area (Å²) in [7, 11) is 1.94. The van der Waals surface area contributed by atoms with Crippen molar-refractivity contribution in [1.29, 1.82) is 0 Å². The monoisotopic (exact) mass is 393 g/mol. The van der Waals surface area contributed by atoms with Crippen molar-refractivity contribution in [3.8, 4) is 28.6 Å². The maximum atomic E-state index is 5.75. The average Bonchev–Trinajstić information content (AvgIpc) is 3.34. The van der Waals surface area contributed by atoms with Gasteiger partial charge in [0.05, 0.1) is 12.4 Å². The average molecular weight is 393 g/mol. The molecule has 4 aromatic rings. The maximum Gasteiger partial charge on any atom is 0.247 e. The summed E-state index contributed by atoms with van der Waals surface area (Å²) >= 11 is 1.50. The Bertz CT molecular complexity index is 1060. The second kappa shape index (κ2) is 8.26. The molecule has 2 aromatic heterocycles. The minimum atomic E-state index is 0.516. The molecule has 0 aliphatic rings. The minimum absolute atomic E-state index is 0.516. The summed E-state index contributed by atoms with van der Waals surface area (Å²) in [6, 6.07) is 17.5. The molecule has 0 aliphatic carbocycles. The molecule has 28 heavy (non-hydrogen) atoms. The third-order valence-electron chi connectivity index (χ3n) is 4.05. The molecular formula is C20H19N5O2S. The molecular weight excluding hydrogens is 374 g/mol. The Labute approximate surface area is 166 Å². The van der Waals surface area contributed by atoms with Crippen molar-refractivity contribution in [3.63, 3.8) is 0 Å². The van der Waals surface area contributed by atoms with Gasteiger partial charge in [-0.15, -0.1) is 20.4 Å². The van der Waals surface area contributed by atoms with E-state index in [4.69, 9.17) is 9.15 Å². The Balaban J connectivity index is 1.47. The zero-order valence-corrected chi connectivity index (χ0v) is 16.4. The van der Waals surface area contributed by atoms with Crippen LogP contribution < -0.4 is 4.74 Å². The van der Waals surface area contributed by atoms with Crippen LogP contribution in [0.4, 0.5) is 0 Å². The third-order valence-corrected chi connectivity index (χ3v) is 5.06. The van der Waals surface area contributed by atoms with Gasteiger partial charge < -0.3 is 13.7 Å². The van der Waals surface area contributed by atoms with E-state index in [1.807, 2.05) is 73.1 Å². The Hall–Kier alpha value is -3.13. The summed E-state index contributed by atoms with van der Waals surface area (Å²) in [6.07, 6.45) is 0. The molecule has 0 bridgehead atoms. The van der Waals surface area contributed by atoms with Crippen LogP contribution in [0.1, 0.15) is 12.8 Å². The lowest BCUT2D eigenvalue weighted by molar-refractivity contribution is 0.340. The summed E-state index contributed by atoms with van der Waals surface area (Å²) in [6.45, 7) is 2.59. The first-order valence-corrected chi connectivity index (χ1v) is 9.86. The molecule has 2 heterocycles. The van der Waals surface area contributed by atoms with E-state index >= 15 is 0 Å². The highest BCUT2D eigenvalue weighted by Gasteiger charge is 2.14. The molecule has 0 saturated heterocycles. The first-order chi connectivity index (χ1) is 13.7. The van der Waals surface area contributed by atoms with E-state index in [0.717, 1.165) is 27.9 Å². The standard InChI is InChI=1S/C20H19N5O2S/c1-3-26-16-11-7-10-15(12-16)18-22-24-20(25(18)2)28-13-17-21-23-19(27-17)14-8-5-4-6-9-14/h4-12H,3,13H2,1-2H3. The molecule has 142 valence electrons. The number of aromatic nitrogens is 5. The number of rotatable bonds is 7. The van der Waals surface area contributed by atoms with Crippen LogP contribution in [0, 0.1) is 0 Å². The number of ether oxygens (including phenoxy) is 1. The zero-order chi connectivity index (χ0) is 19.3. The quantitative estimate of drug-likeness (QED) is 0.435. The number of benzene rings is 2. The molecule has 0 saturated carbocycles. The number of nitrogens with zero attached hydrogens (tertiary/aromatic N) is 5. The number of hydrogen-bond acceptors (Lipinski definition) is 7. The van der Waals surface area contributed by atoms with E-state index in [1.165, 1.54) is 11.8 Å². The first kappa shape index (κ1) is 18.2. The highest BCUT2D eigenvalue weighted by Crippen LogP contribution is 2.27. The van der Waals surface area contributed by atoms with Crippen LogP contribution in [0.2, 0.25) is 0 Å². The van der Waals surface area contributed by atoms with Crippen LogP contribution in [-0.4, -0.2) is 31.6 Å². The Kier molecular flexibility index (Phi) is 5.38. The largest absolute Gasteiger partial charge is 0.494 e. The van der Waals surface area contributed by atoms with Crippen LogP contribution in [0.3, 0.4) is 0 Å². The van der Waals surface area contributed by atoms with Crippen LogP contribution in [0.5, 0.6) is 5.75 Å². The van der Waals surface area contributed by atoms with Gasteiger partial charge in [0.2, 0.25) is 11.8 Å². The molecule has 0 unspecified atom stereocenters. The highest BCUT2D eigenvalue weighted by atomic mass is 32.2. The van der Waals surface area contributed by atoms with Crippen LogP contribution in [0.25, 0.3) is 22.8 Å². The normalized spacial score (nSPS) is 10.9. The molecule has 0 atom stereocenters.